The minimum atomic E-state index is -4.60. The summed E-state index contributed by atoms with van der Waals surface area (Å²) < 4.78 is 59.9. The zero-order valence-corrected chi connectivity index (χ0v) is 22.1. The monoisotopic (exact) mass is 542 g/mol. The summed E-state index contributed by atoms with van der Waals surface area (Å²) in [4.78, 5) is 15.2. The molecule has 3 aromatic rings. The Hall–Kier alpha value is -3.27. The lowest BCUT2D eigenvalue weighted by Crippen LogP contribution is -2.47. The largest absolute Gasteiger partial charge is 0.416 e. The number of halogens is 4. The van der Waals surface area contributed by atoms with Gasteiger partial charge in [0.1, 0.15) is 0 Å². The summed E-state index contributed by atoms with van der Waals surface area (Å²) >= 11 is 0. The molecular weight excluding hydrogens is 510 g/mol. The SMILES string of the molecule is Cn1cn[n+](-c2c(C3CC[C@H]3CF)cccc2N2Cc3c(cc(CNC4(C)CCC4)cc3C(F)(F)F)C2=O)c1. The first kappa shape index (κ1) is 26.0. The van der Waals surface area contributed by atoms with E-state index < -0.39 is 24.3 Å². The van der Waals surface area contributed by atoms with E-state index in [-0.39, 0.29) is 41.6 Å². The number of fused-ring (bicyclic) bond motifs is 1. The van der Waals surface area contributed by atoms with Crippen LogP contribution in [0.5, 0.6) is 0 Å². The predicted octanol–water partition coefficient (Wildman–Crippen LogP) is 5.37. The highest BCUT2D eigenvalue weighted by molar-refractivity contribution is 6.11. The molecule has 2 atom stereocenters. The number of amides is 1. The summed E-state index contributed by atoms with van der Waals surface area (Å²) in [5.74, 6) is -0.646. The maximum absolute atomic E-state index is 14.3. The van der Waals surface area contributed by atoms with E-state index in [1.165, 1.54) is 11.0 Å². The Balaban J connectivity index is 1.42. The fourth-order valence-corrected chi connectivity index (χ4v) is 6.18. The molecule has 39 heavy (non-hydrogen) atoms. The second-order valence-electron chi connectivity index (χ2n) is 11.5. The van der Waals surface area contributed by atoms with E-state index in [1.807, 2.05) is 13.1 Å². The fraction of sp³-hybridized carbons (Fsp3) is 0.483. The molecule has 1 amide bonds. The molecule has 206 valence electrons. The molecule has 1 aliphatic heterocycles. The van der Waals surface area contributed by atoms with Crippen molar-refractivity contribution in [1.29, 1.82) is 0 Å². The Labute approximate surface area is 224 Å². The number of aryl methyl sites for hydroxylation is 1. The van der Waals surface area contributed by atoms with Crippen molar-refractivity contribution in [2.45, 2.75) is 69.8 Å². The highest BCUT2D eigenvalue weighted by Gasteiger charge is 2.43. The molecule has 2 fully saturated rings. The molecule has 2 heterocycles. The first-order valence-corrected chi connectivity index (χ1v) is 13.5. The average Bonchev–Trinajstić information content (AvgIpc) is 3.43. The summed E-state index contributed by atoms with van der Waals surface area (Å²) in [5.41, 5.74) is 1.58. The van der Waals surface area contributed by atoms with Gasteiger partial charge in [0.2, 0.25) is 6.33 Å². The van der Waals surface area contributed by atoms with Crippen molar-refractivity contribution in [3.63, 3.8) is 0 Å². The maximum Gasteiger partial charge on any atom is 0.416 e. The molecule has 1 aromatic heterocycles. The maximum atomic E-state index is 14.3. The number of aromatic nitrogens is 3. The third-order valence-corrected chi connectivity index (χ3v) is 8.81. The lowest BCUT2D eigenvalue weighted by atomic mass is 9.70. The number of benzene rings is 2. The molecule has 6 rings (SSSR count). The molecule has 1 N–H and O–H groups in total. The second kappa shape index (κ2) is 9.43. The molecule has 2 saturated carbocycles. The summed E-state index contributed by atoms with van der Waals surface area (Å²) in [7, 11) is 1.81. The van der Waals surface area contributed by atoms with Crippen LogP contribution in [0.1, 0.15) is 77.6 Å². The van der Waals surface area contributed by atoms with Crippen molar-refractivity contribution >= 4 is 11.6 Å². The van der Waals surface area contributed by atoms with Crippen molar-refractivity contribution in [3.05, 3.63) is 70.8 Å². The quantitative estimate of drug-likeness (QED) is 0.323. The van der Waals surface area contributed by atoms with Gasteiger partial charge in [-0.3, -0.25) is 14.1 Å². The third-order valence-electron chi connectivity index (χ3n) is 8.81. The van der Waals surface area contributed by atoms with Crippen LogP contribution in [0, 0.1) is 5.92 Å². The van der Waals surface area contributed by atoms with E-state index in [0.717, 1.165) is 37.7 Å². The first-order valence-electron chi connectivity index (χ1n) is 13.5. The minimum absolute atomic E-state index is 0.0150. The van der Waals surface area contributed by atoms with Crippen LogP contribution in [-0.2, 0) is 26.3 Å². The Kier molecular flexibility index (Phi) is 6.28. The van der Waals surface area contributed by atoms with E-state index in [1.54, 1.807) is 40.1 Å². The van der Waals surface area contributed by atoms with Crippen LogP contribution >= 0.6 is 0 Å². The molecule has 1 unspecified atom stereocenters. The van der Waals surface area contributed by atoms with Gasteiger partial charge in [-0.25, -0.2) is 4.57 Å². The van der Waals surface area contributed by atoms with Gasteiger partial charge in [0, 0.05) is 23.2 Å². The van der Waals surface area contributed by atoms with E-state index in [4.69, 9.17) is 0 Å². The summed E-state index contributed by atoms with van der Waals surface area (Å²) in [5, 5.41) is 7.81. The van der Waals surface area contributed by atoms with Gasteiger partial charge in [-0.1, -0.05) is 16.8 Å². The number of rotatable bonds is 7. The predicted molar refractivity (Wildman–Crippen MR) is 137 cm³/mol. The van der Waals surface area contributed by atoms with Crippen LogP contribution in [0.4, 0.5) is 23.2 Å². The number of para-hydroxylation sites is 1. The van der Waals surface area contributed by atoms with Crippen LogP contribution in [0.3, 0.4) is 0 Å². The van der Waals surface area contributed by atoms with Crippen molar-refractivity contribution in [2.75, 3.05) is 11.6 Å². The van der Waals surface area contributed by atoms with Crippen LogP contribution in [0.15, 0.2) is 43.0 Å². The molecule has 0 radical (unpaired) electrons. The van der Waals surface area contributed by atoms with Gasteiger partial charge in [0.25, 0.3) is 12.2 Å². The Morgan fingerprint density at radius 2 is 2.00 bits per heavy atom. The van der Waals surface area contributed by atoms with Gasteiger partial charge in [-0.2, -0.15) is 13.2 Å². The molecule has 3 aliphatic rings. The standard InChI is InChI=1S/C29H32F4N5O/c1-28(9-4-10-28)34-14-18-11-22-23(24(12-18)29(31,32)33)15-37(27(22)39)25-6-3-5-21(20-8-7-19(20)13-30)26(25)38-17-36(2)16-35-38/h3,5-6,11-12,16-17,19-20,34H,4,7-10,13-15H2,1-2H3/q+1/t19-,20?/m0/s1. The minimum Gasteiger partial charge on any atom is -0.307 e. The topological polar surface area (TPSA) is 54.0 Å². The summed E-state index contributed by atoms with van der Waals surface area (Å²) in [6, 6.07) is 8.22. The summed E-state index contributed by atoms with van der Waals surface area (Å²) in [6.45, 7) is 1.69. The molecule has 10 heteroatoms. The van der Waals surface area contributed by atoms with E-state index >= 15 is 0 Å². The summed E-state index contributed by atoms with van der Waals surface area (Å²) in [6.07, 6.45) is 3.38. The molecule has 0 spiro atoms. The smallest absolute Gasteiger partial charge is 0.307 e. The molecule has 2 aromatic carbocycles. The van der Waals surface area contributed by atoms with Gasteiger partial charge >= 0.3 is 6.18 Å². The van der Waals surface area contributed by atoms with Crippen molar-refractivity contribution < 1.29 is 27.0 Å². The lowest BCUT2D eigenvalue weighted by Gasteiger charge is -2.39. The van der Waals surface area contributed by atoms with Crippen molar-refractivity contribution in [1.82, 2.24) is 15.0 Å². The fourth-order valence-electron chi connectivity index (χ4n) is 6.18. The zero-order valence-electron chi connectivity index (χ0n) is 22.1. The van der Waals surface area contributed by atoms with E-state index in [0.29, 0.717) is 16.9 Å². The third kappa shape index (κ3) is 4.52. The van der Waals surface area contributed by atoms with Gasteiger partial charge in [-0.15, -0.1) is 0 Å². The Morgan fingerprint density at radius 3 is 2.59 bits per heavy atom. The average molecular weight is 543 g/mol. The van der Waals surface area contributed by atoms with Crippen LogP contribution in [0.2, 0.25) is 0 Å². The van der Waals surface area contributed by atoms with Crippen LogP contribution in [-0.4, -0.2) is 27.8 Å². The number of nitrogens with zero attached hydrogens (tertiary/aromatic N) is 4. The number of carbonyl (C=O) groups excluding carboxylic acids is 1. The second-order valence-corrected chi connectivity index (χ2v) is 11.5. The molecule has 2 aliphatic carbocycles. The highest BCUT2D eigenvalue weighted by Crippen LogP contribution is 2.47. The Morgan fingerprint density at radius 1 is 1.21 bits per heavy atom. The normalized spacial score (nSPS) is 22.0. The number of hydrogen-bond donors (Lipinski definition) is 1. The molecule has 6 nitrogen and oxygen atoms in total. The van der Waals surface area contributed by atoms with E-state index in [2.05, 4.69) is 17.3 Å². The molecular formula is C29H32F4N5O+. The van der Waals surface area contributed by atoms with E-state index in [9.17, 15) is 22.4 Å². The zero-order chi connectivity index (χ0) is 27.5. The van der Waals surface area contributed by atoms with Gasteiger partial charge in [0.05, 0.1) is 31.5 Å². The molecule has 0 bridgehead atoms. The number of alkyl halides is 4. The molecule has 0 saturated heterocycles. The van der Waals surface area contributed by atoms with Gasteiger partial charge in [0.15, 0.2) is 5.69 Å². The number of anilines is 1. The Bertz CT molecular complexity index is 1430. The number of nitrogens with one attached hydrogen (secondary N) is 1. The van der Waals surface area contributed by atoms with Crippen molar-refractivity contribution in [2.24, 2.45) is 13.0 Å². The number of carbonyl (C=O) groups is 1. The lowest BCUT2D eigenvalue weighted by molar-refractivity contribution is -0.657. The number of hydrogen-bond acceptors (Lipinski definition) is 3. The van der Waals surface area contributed by atoms with Crippen LogP contribution < -0.4 is 14.9 Å². The van der Waals surface area contributed by atoms with Crippen molar-refractivity contribution in [3.8, 4) is 5.69 Å². The highest BCUT2D eigenvalue weighted by atomic mass is 19.4. The first-order chi connectivity index (χ1) is 18.6. The van der Waals surface area contributed by atoms with Gasteiger partial charge < -0.3 is 5.32 Å². The van der Waals surface area contributed by atoms with Crippen LogP contribution in [0.25, 0.3) is 5.69 Å². The van der Waals surface area contributed by atoms with Gasteiger partial charge in [-0.05, 0) is 85.3 Å².